The monoisotopic (exact) mass is 492 g/mol. The minimum Gasteiger partial charge on any atom is -0.333 e. The molecule has 11 heteroatoms. The van der Waals surface area contributed by atoms with Gasteiger partial charge in [-0.25, -0.2) is 15.0 Å². The number of imidazole rings is 2. The first-order valence-corrected chi connectivity index (χ1v) is 11.7. The third-order valence-electron chi connectivity index (χ3n) is 6.00. The van der Waals surface area contributed by atoms with Gasteiger partial charge in [-0.1, -0.05) is 20.8 Å². The van der Waals surface area contributed by atoms with Gasteiger partial charge in [0.15, 0.2) is 11.5 Å². The number of nitrogens with zero attached hydrogens (tertiary/aromatic N) is 7. The third-order valence-corrected chi connectivity index (χ3v) is 6.00. The highest BCUT2D eigenvalue weighted by molar-refractivity contribution is 5.96. The second-order valence-electron chi connectivity index (χ2n) is 9.89. The first-order chi connectivity index (χ1) is 17.8. The van der Waals surface area contributed by atoms with Gasteiger partial charge in [-0.3, -0.25) is 19.9 Å². The lowest BCUT2D eigenvalue weighted by Gasteiger charge is -2.17. The molecule has 0 bridgehead atoms. The largest absolute Gasteiger partial charge is 0.333 e. The van der Waals surface area contributed by atoms with Crippen LogP contribution in [0, 0.1) is 12.3 Å². The van der Waals surface area contributed by atoms with E-state index in [0.29, 0.717) is 28.5 Å². The Bertz CT molecular complexity index is 1790. The average molecular weight is 493 g/mol. The van der Waals surface area contributed by atoms with Gasteiger partial charge in [0, 0.05) is 35.0 Å². The lowest BCUT2D eigenvalue weighted by atomic mass is 9.95. The Balaban J connectivity index is 1.40. The molecule has 0 unspecified atom stereocenters. The van der Waals surface area contributed by atoms with Gasteiger partial charge in [-0.15, -0.1) is 0 Å². The molecule has 184 valence electrons. The molecule has 0 saturated carbocycles. The summed E-state index contributed by atoms with van der Waals surface area (Å²) in [5.41, 5.74) is 6.14. The van der Waals surface area contributed by atoms with E-state index in [9.17, 15) is 4.79 Å². The molecule has 0 fully saturated rings. The number of aromatic amines is 2. The van der Waals surface area contributed by atoms with Gasteiger partial charge in [0.1, 0.15) is 11.2 Å². The number of anilines is 1. The van der Waals surface area contributed by atoms with E-state index < -0.39 is 5.41 Å². The van der Waals surface area contributed by atoms with E-state index in [4.69, 9.17) is 4.98 Å². The number of fused-ring (bicyclic) bond motifs is 2. The zero-order valence-electron chi connectivity index (χ0n) is 20.7. The quantitative estimate of drug-likeness (QED) is 0.330. The Morgan fingerprint density at radius 2 is 1.95 bits per heavy atom. The molecule has 3 N–H and O–H groups in total. The SMILES string of the molecule is Cc1cn(-c2ccnc3nc(-c4n[nH]c5cnc(-c6cncc(NC(=O)C(C)(C)C)c6)cc45)[nH]c23)cn1. The molecule has 0 aromatic carbocycles. The standard InChI is InChI=1S/C26H24N10O/c1-14-12-36(13-30-14)20-5-6-28-23-22(20)32-24(33-23)21-17-8-18(29-11-19(17)34-35-21)15-7-16(10-27-9-15)31-25(37)26(2,3)4/h5-13H,1-4H3,(H,31,37)(H,34,35)(H,28,32,33). The summed E-state index contributed by atoms with van der Waals surface area (Å²) in [6, 6.07) is 5.70. The predicted molar refractivity (Wildman–Crippen MR) is 140 cm³/mol. The number of carbonyl (C=O) groups excluding carboxylic acids is 1. The van der Waals surface area contributed by atoms with E-state index >= 15 is 0 Å². The number of nitrogens with one attached hydrogen (secondary N) is 3. The molecule has 0 radical (unpaired) electrons. The number of aromatic nitrogens is 9. The molecule has 0 aliphatic carbocycles. The van der Waals surface area contributed by atoms with Crippen LogP contribution >= 0.6 is 0 Å². The summed E-state index contributed by atoms with van der Waals surface area (Å²) in [5.74, 6) is 0.496. The van der Waals surface area contributed by atoms with Gasteiger partial charge in [0.2, 0.25) is 5.91 Å². The highest BCUT2D eigenvalue weighted by Crippen LogP contribution is 2.30. The van der Waals surface area contributed by atoms with E-state index in [1.54, 1.807) is 31.1 Å². The molecular formula is C26H24N10O. The van der Waals surface area contributed by atoms with Crippen LogP contribution in [0.1, 0.15) is 26.5 Å². The van der Waals surface area contributed by atoms with Crippen molar-refractivity contribution in [2.45, 2.75) is 27.7 Å². The molecule has 6 aromatic heterocycles. The number of hydrogen-bond acceptors (Lipinski definition) is 7. The number of amides is 1. The Labute approximate surface area is 211 Å². The zero-order chi connectivity index (χ0) is 25.7. The van der Waals surface area contributed by atoms with E-state index in [0.717, 1.165) is 33.4 Å². The first-order valence-electron chi connectivity index (χ1n) is 11.7. The fraction of sp³-hybridized carbons (Fsp3) is 0.192. The summed E-state index contributed by atoms with van der Waals surface area (Å²) in [4.78, 5) is 38.2. The molecule has 0 saturated heterocycles. The highest BCUT2D eigenvalue weighted by atomic mass is 16.2. The summed E-state index contributed by atoms with van der Waals surface area (Å²) in [5, 5.41) is 11.3. The van der Waals surface area contributed by atoms with Gasteiger partial charge < -0.3 is 14.9 Å². The predicted octanol–water partition coefficient (Wildman–Crippen LogP) is 4.44. The summed E-state index contributed by atoms with van der Waals surface area (Å²) >= 11 is 0. The molecule has 37 heavy (non-hydrogen) atoms. The van der Waals surface area contributed by atoms with Crippen LogP contribution in [0.3, 0.4) is 0 Å². The summed E-state index contributed by atoms with van der Waals surface area (Å²) in [7, 11) is 0. The van der Waals surface area contributed by atoms with Gasteiger partial charge in [0.25, 0.3) is 0 Å². The van der Waals surface area contributed by atoms with Crippen LogP contribution < -0.4 is 5.32 Å². The van der Waals surface area contributed by atoms with Crippen LogP contribution in [0.4, 0.5) is 5.69 Å². The average Bonchev–Trinajstić information content (AvgIpc) is 3.60. The van der Waals surface area contributed by atoms with Crippen molar-refractivity contribution in [1.29, 1.82) is 0 Å². The number of aryl methyl sites for hydroxylation is 1. The van der Waals surface area contributed by atoms with Crippen LogP contribution in [0.2, 0.25) is 0 Å². The normalized spacial score (nSPS) is 11.9. The van der Waals surface area contributed by atoms with E-state index in [-0.39, 0.29) is 5.91 Å². The van der Waals surface area contributed by atoms with Crippen molar-refractivity contribution in [2.24, 2.45) is 5.41 Å². The molecule has 0 atom stereocenters. The Hall–Kier alpha value is -4.93. The summed E-state index contributed by atoms with van der Waals surface area (Å²) in [6.07, 6.45) is 10.5. The minimum atomic E-state index is -0.517. The van der Waals surface area contributed by atoms with Crippen LogP contribution in [0.5, 0.6) is 0 Å². The number of H-pyrrole nitrogens is 2. The maximum Gasteiger partial charge on any atom is 0.229 e. The lowest BCUT2D eigenvalue weighted by molar-refractivity contribution is -0.123. The van der Waals surface area contributed by atoms with Crippen molar-refractivity contribution in [3.63, 3.8) is 0 Å². The molecular weight excluding hydrogens is 468 g/mol. The fourth-order valence-corrected chi connectivity index (χ4v) is 4.00. The van der Waals surface area contributed by atoms with Crippen molar-refractivity contribution in [3.8, 4) is 28.5 Å². The number of hydrogen-bond donors (Lipinski definition) is 3. The topological polar surface area (TPSA) is 143 Å². The van der Waals surface area contributed by atoms with Crippen LogP contribution in [0.15, 0.2) is 55.5 Å². The third kappa shape index (κ3) is 4.10. The summed E-state index contributed by atoms with van der Waals surface area (Å²) in [6.45, 7) is 7.53. The Kier molecular flexibility index (Phi) is 5.07. The fourth-order valence-electron chi connectivity index (χ4n) is 4.00. The first kappa shape index (κ1) is 22.5. The number of carbonyl (C=O) groups is 1. The van der Waals surface area contributed by atoms with Gasteiger partial charge in [-0.2, -0.15) is 5.10 Å². The minimum absolute atomic E-state index is 0.0873. The van der Waals surface area contributed by atoms with Gasteiger partial charge >= 0.3 is 0 Å². The smallest absolute Gasteiger partial charge is 0.229 e. The Morgan fingerprint density at radius 3 is 2.73 bits per heavy atom. The molecule has 0 aliphatic heterocycles. The van der Waals surface area contributed by atoms with E-state index in [2.05, 4.69) is 40.4 Å². The van der Waals surface area contributed by atoms with Gasteiger partial charge in [-0.05, 0) is 25.1 Å². The molecule has 6 aromatic rings. The van der Waals surface area contributed by atoms with Crippen molar-refractivity contribution < 1.29 is 4.79 Å². The lowest BCUT2D eigenvalue weighted by Crippen LogP contribution is -2.27. The van der Waals surface area contributed by atoms with E-state index in [1.807, 2.05) is 56.7 Å². The number of pyridine rings is 3. The zero-order valence-corrected chi connectivity index (χ0v) is 20.7. The van der Waals surface area contributed by atoms with Crippen LogP contribution in [-0.4, -0.2) is 50.6 Å². The van der Waals surface area contributed by atoms with Crippen molar-refractivity contribution in [2.75, 3.05) is 5.32 Å². The molecule has 11 nitrogen and oxygen atoms in total. The molecule has 1 amide bonds. The van der Waals surface area contributed by atoms with Crippen LogP contribution in [-0.2, 0) is 4.79 Å². The summed E-state index contributed by atoms with van der Waals surface area (Å²) < 4.78 is 1.93. The second-order valence-corrected chi connectivity index (χ2v) is 9.89. The molecule has 0 aliphatic rings. The molecule has 6 rings (SSSR count). The molecule has 6 heterocycles. The highest BCUT2D eigenvalue weighted by Gasteiger charge is 2.22. The van der Waals surface area contributed by atoms with E-state index in [1.165, 1.54) is 0 Å². The maximum atomic E-state index is 12.4. The number of rotatable bonds is 4. The maximum absolute atomic E-state index is 12.4. The Morgan fingerprint density at radius 1 is 1.08 bits per heavy atom. The molecule has 0 spiro atoms. The van der Waals surface area contributed by atoms with Crippen molar-refractivity contribution in [1.82, 2.24) is 44.7 Å². The second kappa shape index (κ2) is 8.33. The van der Waals surface area contributed by atoms with Gasteiger partial charge in [0.05, 0.1) is 47.0 Å². The van der Waals surface area contributed by atoms with Crippen molar-refractivity contribution in [3.05, 3.63) is 61.2 Å². The van der Waals surface area contributed by atoms with Crippen LogP contribution in [0.25, 0.3) is 50.5 Å². The van der Waals surface area contributed by atoms with Crippen molar-refractivity contribution >= 4 is 33.7 Å².